The van der Waals surface area contributed by atoms with E-state index in [9.17, 15) is 14.7 Å². The molecule has 0 saturated heterocycles. The summed E-state index contributed by atoms with van der Waals surface area (Å²) in [6, 6.07) is 4.66. The molecule has 1 aromatic heterocycles. The lowest BCUT2D eigenvalue weighted by Crippen LogP contribution is -2.07. The van der Waals surface area contributed by atoms with Crippen molar-refractivity contribution in [2.24, 2.45) is 0 Å². The zero-order valence-corrected chi connectivity index (χ0v) is 16.0. The van der Waals surface area contributed by atoms with Crippen LogP contribution in [-0.2, 0) is 4.79 Å². The maximum absolute atomic E-state index is 11.9. The van der Waals surface area contributed by atoms with Gasteiger partial charge in [0.15, 0.2) is 5.75 Å². The van der Waals surface area contributed by atoms with E-state index in [4.69, 9.17) is 13.9 Å². The Labute approximate surface area is 157 Å². The van der Waals surface area contributed by atoms with Gasteiger partial charge >= 0.3 is 11.6 Å². The van der Waals surface area contributed by atoms with Crippen molar-refractivity contribution in [2.45, 2.75) is 40.5 Å². The standard InChI is InChI=1S/C21H24O6/c1-13(2)7-5-8-14(3)11-12-25-20-18-16(26-15(4)22)9-6-10-17(18)27-21(24)19(20)23/h6-7,9-11,23H,5,8,12H2,1-4H3/b14-11+. The molecule has 144 valence electrons. The highest BCUT2D eigenvalue weighted by Crippen LogP contribution is 2.38. The average molecular weight is 372 g/mol. The minimum Gasteiger partial charge on any atom is -0.499 e. The van der Waals surface area contributed by atoms with E-state index in [1.165, 1.54) is 24.6 Å². The van der Waals surface area contributed by atoms with Crippen molar-refractivity contribution in [3.05, 3.63) is 51.9 Å². The molecule has 0 saturated carbocycles. The molecule has 0 amide bonds. The normalized spacial score (nSPS) is 11.3. The minimum atomic E-state index is -0.915. The molecule has 0 atom stereocenters. The third kappa shape index (κ3) is 5.48. The fourth-order valence-electron chi connectivity index (χ4n) is 2.52. The summed E-state index contributed by atoms with van der Waals surface area (Å²) in [5.41, 5.74) is 1.64. The number of esters is 1. The molecule has 0 bridgehead atoms. The van der Waals surface area contributed by atoms with Gasteiger partial charge in [-0.3, -0.25) is 4.79 Å². The van der Waals surface area contributed by atoms with Gasteiger partial charge in [-0.05, 0) is 51.8 Å². The second-order valence-electron chi connectivity index (χ2n) is 6.47. The first-order valence-electron chi connectivity index (χ1n) is 8.68. The molecule has 0 fully saturated rings. The van der Waals surface area contributed by atoms with E-state index in [1.54, 1.807) is 6.07 Å². The van der Waals surface area contributed by atoms with Crippen molar-refractivity contribution in [1.82, 2.24) is 0 Å². The fraction of sp³-hybridized carbons (Fsp3) is 0.333. The molecule has 0 unspecified atom stereocenters. The van der Waals surface area contributed by atoms with Crippen LogP contribution in [0.5, 0.6) is 17.2 Å². The van der Waals surface area contributed by atoms with Gasteiger partial charge in [0.05, 0.1) is 0 Å². The first-order chi connectivity index (χ1) is 12.8. The van der Waals surface area contributed by atoms with Crippen LogP contribution < -0.4 is 15.1 Å². The second kappa shape index (κ2) is 9.07. The highest BCUT2D eigenvalue weighted by molar-refractivity contribution is 5.93. The third-order valence-corrected chi connectivity index (χ3v) is 3.83. The maximum atomic E-state index is 11.9. The molecule has 0 aliphatic carbocycles. The molecule has 1 N–H and O–H groups in total. The van der Waals surface area contributed by atoms with Crippen LogP contribution in [0, 0.1) is 0 Å². The van der Waals surface area contributed by atoms with Crippen molar-refractivity contribution in [3.8, 4) is 17.2 Å². The zero-order valence-electron chi connectivity index (χ0n) is 16.0. The van der Waals surface area contributed by atoms with Gasteiger partial charge in [-0.15, -0.1) is 0 Å². The minimum absolute atomic E-state index is 0.0635. The van der Waals surface area contributed by atoms with Crippen LogP contribution in [0.2, 0.25) is 0 Å². The van der Waals surface area contributed by atoms with Crippen molar-refractivity contribution in [3.63, 3.8) is 0 Å². The van der Waals surface area contributed by atoms with Crippen LogP contribution in [0.1, 0.15) is 40.5 Å². The van der Waals surface area contributed by atoms with Gasteiger partial charge in [0, 0.05) is 6.92 Å². The molecule has 0 spiro atoms. The Bertz CT molecular complexity index is 945. The summed E-state index contributed by atoms with van der Waals surface area (Å²) >= 11 is 0. The molecule has 6 heteroatoms. The number of allylic oxidation sites excluding steroid dienone is 3. The lowest BCUT2D eigenvalue weighted by atomic mass is 10.1. The van der Waals surface area contributed by atoms with E-state index < -0.39 is 17.3 Å². The number of carbonyl (C=O) groups excluding carboxylic acids is 1. The molecule has 2 aromatic rings. The number of hydrogen-bond acceptors (Lipinski definition) is 6. The van der Waals surface area contributed by atoms with Gasteiger partial charge in [-0.1, -0.05) is 23.3 Å². The van der Waals surface area contributed by atoms with Gasteiger partial charge in [-0.2, -0.15) is 0 Å². The first kappa shape index (κ1) is 20.3. The van der Waals surface area contributed by atoms with E-state index in [1.807, 2.05) is 13.0 Å². The lowest BCUT2D eigenvalue weighted by Gasteiger charge is -2.12. The monoisotopic (exact) mass is 372 g/mol. The summed E-state index contributed by atoms with van der Waals surface area (Å²) in [4.78, 5) is 23.2. The topological polar surface area (TPSA) is 86.0 Å². The predicted molar refractivity (Wildman–Crippen MR) is 103 cm³/mol. The van der Waals surface area contributed by atoms with Crippen LogP contribution in [0.3, 0.4) is 0 Å². The number of hydrogen-bond donors (Lipinski definition) is 1. The summed E-state index contributed by atoms with van der Waals surface area (Å²) in [5, 5.41) is 10.4. The number of aromatic hydroxyl groups is 1. The number of fused-ring (bicyclic) bond motifs is 1. The van der Waals surface area contributed by atoms with Crippen molar-refractivity contribution >= 4 is 16.9 Å². The van der Waals surface area contributed by atoms with Gasteiger partial charge in [0.2, 0.25) is 5.75 Å². The quantitative estimate of drug-likeness (QED) is 0.333. The van der Waals surface area contributed by atoms with Crippen LogP contribution in [-0.4, -0.2) is 17.7 Å². The number of benzene rings is 1. The molecular formula is C21H24O6. The van der Waals surface area contributed by atoms with Gasteiger partial charge in [-0.25, -0.2) is 4.79 Å². The fourth-order valence-corrected chi connectivity index (χ4v) is 2.52. The number of ether oxygens (including phenoxy) is 2. The molecule has 6 nitrogen and oxygen atoms in total. The highest BCUT2D eigenvalue weighted by atomic mass is 16.5. The molecule has 1 aromatic carbocycles. The Morgan fingerprint density at radius 2 is 1.93 bits per heavy atom. The Kier molecular flexibility index (Phi) is 6.82. The van der Waals surface area contributed by atoms with E-state index in [0.29, 0.717) is 0 Å². The number of rotatable bonds is 7. The molecule has 1 heterocycles. The van der Waals surface area contributed by atoms with E-state index >= 15 is 0 Å². The lowest BCUT2D eigenvalue weighted by molar-refractivity contribution is -0.131. The molecule has 2 rings (SSSR count). The summed E-state index contributed by atoms with van der Waals surface area (Å²) in [6.45, 7) is 7.51. The largest absolute Gasteiger partial charge is 0.499 e. The Balaban J connectivity index is 2.31. The van der Waals surface area contributed by atoms with Gasteiger partial charge in [0.1, 0.15) is 23.3 Å². The molecular weight excluding hydrogens is 348 g/mol. The predicted octanol–water partition coefficient (Wildman–Crippen LogP) is 4.50. The first-order valence-corrected chi connectivity index (χ1v) is 8.68. The van der Waals surface area contributed by atoms with Crippen molar-refractivity contribution < 1.29 is 23.8 Å². The highest BCUT2D eigenvalue weighted by Gasteiger charge is 2.19. The molecule has 0 aliphatic rings. The van der Waals surface area contributed by atoms with Crippen molar-refractivity contribution in [2.75, 3.05) is 6.61 Å². The van der Waals surface area contributed by atoms with Gasteiger partial charge in [0.25, 0.3) is 0 Å². The maximum Gasteiger partial charge on any atom is 0.382 e. The Hall–Kier alpha value is -3.02. The summed E-state index contributed by atoms with van der Waals surface area (Å²) < 4.78 is 15.9. The van der Waals surface area contributed by atoms with E-state index in [-0.39, 0.29) is 29.1 Å². The average Bonchev–Trinajstić information content (AvgIpc) is 2.57. The van der Waals surface area contributed by atoms with Crippen LogP contribution >= 0.6 is 0 Å². The summed E-state index contributed by atoms with van der Waals surface area (Å²) in [7, 11) is 0. The Morgan fingerprint density at radius 1 is 1.19 bits per heavy atom. The van der Waals surface area contributed by atoms with Crippen LogP contribution in [0.25, 0.3) is 11.0 Å². The smallest absolute Gasteiger partial charge is 0.382 e. The van der Waals surface area contributed by atoms with Crippen molar-refractivity contribution in [1.29, 1.82) is 0 Å². The molecule has 0 aliphatic heterocycles. The van der Waals surface area contributed by atoms with Crippen LogP contribution in [0.4, 0.5) is 0 Å². The SMILES string of the molecule is CC(=O)Oc1cccc2oc(=O)c(O)c(OC/C=C(\C)CCC=C(C)C)c12. The van der Waals surface area contributed by atoms with E-state index in [2.05, 4.69) is 19.9 Å². The second-order valence-corrected chi connectivity index (χ2v) is 6.47. The number of carbonyl (C=O) groups is 1. The summed E-state index contributed by atoms with van der Waals surface area (Å²) in [6.07, 6.45) is 5.86. The third-order valence-electron chi connectivity index (χ3n) is 3.83. The summed E-state index contributed by atoms with van der Waals surface area (Å²) in [5.74, 6) is -1.10. The van der Waals surface area contributed by atoms with E-state index in [0.717, 1.165) is 18.4 Å². The zero-order chi connectivity index (χ0) is 20.0. The molecule has 0 radical (unpaired) electrons. The van der Waals surface area contributed by atoms with Crippen LogP contribution in [0.15, 0.2) is 50.7 Å². The molecule has 27 heavy (non-hydrogen) atoms. The van der Waals surface area contributed by atoms with Gasteiger partial charge < -0.3 is 19.0 Å². The Morgan fingerprint density at radius 3 is 2.59 bits per heavy atom.